The van der Waals surface area contributed by atoms with E-state index in [0.717, 1.165) is 36.1 Å². The van der Waals surface area contributed by atoms with Crippen LogP contribution >= 0.6 is 0 Å². The van der Waals surface area contributed by atoms with E-state index in [1.54, 1.807) is 0 Å². The third kappa shape index (κ3) is 5.39. The summed E-state index contributed by atoms with van der Waals surface area (Å²) in [7, 11) is 0. The van der Waals surface area contributed by atoms with Crippen LogP contribution in [0.2, 0.25) is 0 Å². The topological polar surface area (TPSA) is 19.0 Å². The quantitative estimate of drug-likeness (QED) is 0.587. The summed E-state index contributed by atoms with van der Waals surface area (Å²) in [6.45, 7) is 23.9. The summed E-state index contributed by atoms with van der Waals surface area (Å²) in [6.07, 6.45) is 11.7. The smallest absolute Gasteiger partial charge is 0.0536 e. The first-order valence-corrected chi connectivity index (χ1v) is 14.0. The predicted molar refractivity (Wildman–Crippen MR) is 135 cm³/mol. The Labute approximate surface area is 199 Å². The largest absolute Gasteiger partial charge is 0.381 e. The monoisotopic (exact) mass is 447 g/mol. The van der Waals surface area contributed by atoms with Crippen LogP contribution < -0.4 is 0 Å². The van der Waals surface area contributed by atoms with Crippen LogP contribution in [-0.4, -0.2) is 85.3 Å². The van der Waals surface area contributed by atoms with Crippen molar-refractivity contribution in [2.24, 2.45) is 16.2 Å². The highest BCUT2D eigenvalue weighted by molar-refractivity contribution is 5.02. The molecule has 32 heavy (non-hydrogen) atoms. The molecule has 0 radical (unpaired) electrons. The van der Waals surface area contributed by atoms with Crippen LogP contribution in [0.5, 0.6) is 0 Å². The predicted octanol–water partition coefficient (Wildman–Crippen LogP) is 5.27. The molecule has 4 heteroatoms. The molecule has 1 atom stereocenters. The Hall–Kier alpha value is -0.160. The van der Waals surface area contributed by atoms with Crippen molar-refractivity contribution in [2.75, 3.05) is 52.5 Å². The minimum Gasteiger partial charge on any atom is -0.381 e. The van der Waals surface area contributed by atoms with E-state index in [2.05, 4.69) is 56.2 Å². The molecule has 0 aromatic rings. The number of hydrogen-bond donors (Lipinski definition) is 0. The Bertz CT molecular complexity index is 552. The normalized spacial score (nSPS) is 32.9. The van der Waals surface area contributed by atoms with Crippen LogP contribution in [0.1, 0.15) is 92.9 Å². The van der Waals surface area contributed by atoms with Crippen LogP contribution in [0.3, 0.4) is 0 Å². The third-order valence-electron chi connectivity index (χ3n) is 9.83. The first kappa shape index (κ1) is 24.9. The van der Waals surface area contributed by atoms with Gasteiger partial charge in [0.2, 0.25) is 0 Å². The molecular weight excluding hydrogens is 394 g/mol. The zero-order valence-corrected chi connectivity index (χ0v) is 22.3. The minimum absolute atomic E-state index is 0.546. The minimum atomic E-state index is 0.546. The molecule has 2 aliphatic carbocycles. The van der Waals surface area contributed by atoms with E-state index in [1.807, 2.05) is 0 Å². The lowest BCUT2D eigenvalue weighted by Gasteiger charge is -2.57. The van der Waals surface area contributed by atoms with Gasteiger partial charge in [0.25, 0.3) is 0 Å². The summed E-state index contributed by atoms with van der Waals surface area (Å²) in [5.74, 6) is 0. The van der Waals surface area contributed by atoms with E-state index in [4.69, 9.17) is 4.74 Å². The van der Waals surface area contributed by atoms with Crippen molar-refractivity contribution >= 4 is 0 Å². The standard InChI is InChI=1S/C10H19NO.2C9H17N/c1-9(2)11-5-3-10(7-11)4-6-12-8-10;2*1-8(2)10-6-9(7-10)4-3-5-9/h9H,3-8H2,1-2H3;2*8H,3-7H2,1-2H3. The first-order valence-electron chi connectivity index (χ1n) is 14.0. The van der Waals surface area contributed by atoms with Gasteiger partial charge in [-0.1, -0.05) is 12.8 Å². The van der Waals surface area contributed by atoms with E-state index in [0.29, 0.717) is 11.5 Å². The Morgan fingerprint density at radius 1 is 0.531 bits per heavy atom. The molecule has 4 nitrogen and oxygen atoms in total. The van der Waals surface area contributed by atoms with Gasteiger partial charge in [-0.25, -0.2) is 0 Å². The van der Waals surface area contributed by atoms with Crippen LogP contribution in [0.4, 0.5) is 0 Å². The van der Waals surface area contributed by atoms with Gasteiger partial charge in [0.05, 0.1) is 6.61 Å². The maximum Gasteiger partial charge on any atom is 0.0536 e. The lowest BCUT2D eigenvalue weighted by atomic mass is 9.63. The molecule has 4 saturated heterocycles. The number of rotatable bonds is 3. The van der Waals surface area contributed by atoms with E-state index < -0.39 is 0 Å². The molecule has 186 valence electrons. The molecule has 6 fully saturated rings. The maximum atomic E-state index is 5.48. The second-order valence-electron chi connectivity index (χ2n) is 13.3. The first-order chi connectivity index (χ1) is 15.2. The van der Waals surface area contributed by atoms with Gasteiger partial charge < -0.3 is 9.64 Å². The maximum absolute atomic E-state index is 5.48. The molecule has 3 spiro atoms. The summed E-state index contributed by atoms with van der Waals surface area (Å²) in [5, 5.41) is 0. The fourth-order valence-electron chi connectivity index (χ4n) is 6.73. The Balaban J connectivity index is 0.000000115. The van der Waals surface area contributed by atoms with Gasteiger partial charge in [-0.05, 0) is 97.4 Å². The fraction of sp³-hybridized carbons (Fsp3) is 1.00. The average Bonchev–Trinajstić information content (AvgIpc) is 3.21. The summed E-state index contributed by atoms with van der Waals surface area (Å²) >= 11 is 0. The highest BCUT2D eigenvalue weighted by atomic mass is 16.5. The number of ether oxygens (including phenoxy) is 1. The number of likely N-dealkylation sites (tertiary alicyclic amines) is 3. The Kier molecular flexibility index (Phi) is 7.67. The fourth-order valence-corrected chi connectivity index (χ4v) is 6.73. The summed E-state index contributed by atoms with van der Waals surface area (Å²) in [4.78, 5) is 7.74. The molecule has 6 rings (SSSR count). The van der Waals surface area contributed by atoms with E-state index in [1.165, 1.54) is 90.6 Å². The van der Waals surface area contributed by atoms with Crippen molar-refractivity contribution in [3.05, 3.63) is 0 Å². The van der Waals surface area contributed by atoms with Gasteiger partial charge in [0, 0.05) is 62.9 Å². The second kappa shape index (κ2) is 9.84. The Morgan fingerprint density at radius 2 is 0.969 bits per heavy atom. The molecule has 0 aromatic heterocycles. The molecule has 0 aromatic carbocycles. The van der Waals surface area contributed by atoms with Gasteiger partial charge in [0.15, 0.2) is 0 Å². The van der Waals surface area contributed by atoms with Crippen molar-refractivity contribution in [2.45, 2.75) is 111 Å². The van der Waals surface area contributed by atoms with Crippen LogP contribution in [-0.2, 0) is 4.74 Å². The van der Waals surface area contributed by atoms with Gasteiger partial charge >= 0.3 is 0 Å². The van der Waals surface area contributed by atoms with Crippen molar-refractivity contribution in [3.8, 4) is 0 Å². The molecule has 1 unspecified atom stereocenters. The average molecular weight is 448 g/mol. The summed E-state index contributed by atoms with van der Waals surface area (Å²) in [6, 6.07) is 2.28. The number of nitrogens with zero attached hydrogens (tertiary/aromatic N) is 3. The van der Waals surface area contributed by atoms with Crippen molar-refractivity contribution in [1.29, 1.82) is 0 Å². The zero-order chi connectivity index (χ0) is 23.0. The molecule has 0 N–H and O–H groups in total. The molecular formula is C28H53N3O. The highest BCUT2D eigenvalue weighted by Crippen LogP contribution is 2.49. The SMILES string of the molecule is CC(C)N1CC2(CCC2)C1.CC(C)N1CC2(CCC2)C1.CC(C)N1CCC2(CCOC2)C1. The van der Waals surface area contributed by atoms with E-state index >= 15 is 0 Å². The van der Waals surface area contributed by atoms with E-state index in [9.17, 15) is 0 Å². The molecule has 4 heterocycles. The molecule has 0 bridgehead atoms. The van der Waals surface area contributed by atoms with Crippen LogP contribution in [0.15, 0.2) is 0 Å². The molecule has 4 aliphatic heterocycles. The van der Waals surface area contributed by atoms with Gasteiger partial charge in [0.1, 0.15) is 0 Å². The molecule has 2 saturated carbocycles. The summed E-state index contributed by atoms with van der Waals surface area (Å²) < 4.78 is 5.48. The van der Waals surface area contributed by atoms with Crippen LogP contribution in [0, 0.1) is 16.2 Å². The van der Waals surface area contributed by atoms with E-state index in [-0.39, 0.29) is 0 Å². The highest BCUT2D eigenvalue weighted by Gasteiger charge is 2.48. The van der Waals surface area contributed by atoms with Gasteiger partial charge in [-0.3, -0.25) is 9.80 Å². The summed E-state index contributed by atoms with van der Waals surface area (Å²) in [5.41, 5.74) is 2.19. The second-order valence-corrected chi connectivity index (χ2v) is 13.3. The van der Waals surface area contributed by atoms with Crippen molar-refractivity contribution in [3.63, 3.8) is 0 Å². The third-order valence-corrected chi connectivity index (χ3v) is 9.83. The van der Waals surface area contributed by atoms with Gasteiger partial charge in [-0.2, -0.15) is 0 Å². The molecule has 6 aliphatic rings. The van der Waals surface area contributed by atoms with Gasteiger partial charge in [-0.15, -0.1) is 0 Å². The van der Waals surface area contributed by atoms with Crippen molar-refractivity contribution < 1.29 is 4.74 Å². The zero-order valence-electron chi connectivity index (χ0n) is 22.3. The van der Waals surface area contributed by atoms with Crippen molar-refractivity contribution in [1.82, 2.24) is 14.7 Å². The Morgan fingerprint density at radius 3 is 1.25 bits per heavy atom. The lowest BCUT2D eigenvalue weighted by Crippen LogP contribution is -2.61. The number of hydrogen-bond acceptors (Lipinski definition) is 4. The molecule has 0 amide bonds. The lowest BCUT2D eigenvalue weighted by molar-refractivity contribution is -0.0758. The van der Waals surface area contributed by atoms with Crippen LogP contribution in [0.25, 0.3) is 0 Å².